The second-order valence-corrected chi connectivity index (χ2v) is 4.24. The molecule has 1 atom stereocenters. The van der Waals surface area contributed by atoms with Crippen molar-refractivity contribution in [3.63, 3.8) is 0 Å². The van der Waals surface area contributed by atoms with Crippen molar-refractivity contribution >= 4 is 20.3 Å². The van der Waals surface area contributed by atoms with E-state index in [0.717, 1.165) is 35.9 Å². The van der Waals surface area contributed by atoms with Gasteiger partial charge in [-0.2, -0.15) is 0 Å². The fourth-order valence-electron chi connectivity index (χ4n) is 1.55. The highest BCUT2D eigenvalue weighted by Gasteiger charge is 2.14. The van der Waals surface area contributed by atoms with Gasteiger partial charge in [-0.05, 0) is 18.1 Å². The molecule has 78 valence electrons. The molecule has 3 heteroatoms. The Hall–Kier alpha value is -1.14. The van der Waals surface area contributed by atoms with Crippen LogP contribution >= 0.6 is 9.24 Å². The van der Waals surface area contributed by atoms with Crippen LogP contribution < -0.4 is 5.30 Å². The molecule has 15 heavy (non-hydrogen) atoms. The standard InChI is InChI=1S/C12H13O2P/c13-12(10-2-1-7-14-8-10)9-3-5-11(15)6-4-9/h3-6,8H,1-2,7,15H2. The molecule has 1 aromatic rings. The Morgan fingerprint density at radius 3 is 2.60 bits per heavy atom. The monoisotopic (exact) mass is 220 g/mol. The number of hydrogen-bond donors (Lipinski definition) is 0. The summed E-state index contributed by atoms with van der Waals surface area (Å²) in [7, 11) is 2.60. The van der Waals surface area contributed by atoms with Crippen molar-refractivity contribution in [3.8, 4) is 0 Å². The summed E-state index contributed by atoms with van der Waals surface area (Å²) in [5.41, 5.74) is 1.51. The van der Waals surface area contributed by atoms with Gasteiger partial charge in [0.25, 0.3) is 0 Å². The van der Waals surface area contributed by atoms with Crippen molar-refractivity contribution in [2.24, 2.45) is 0 Å². The van der Waals surface area contributed by atoms with Gasteiger partial charge in [0.2, 0.25) is 0 Å². The van der Waals surface area contributed by atoms with Gasteiger partial charge in [0, 0.05) is 11.1 Å². The van der Waals surface area contributed by atoms with Crippen molar-refractivity contribution in [1.29, 1.82) is 0 Å². The van der Waals surface area contributed by atoms with Crippen molar-refractivity contribution in [3.05, 3.63) is 41.7 Å². The molecule has 0 radical (unpaired) electrons. The van der Waals surface area contributed by atoms with E-state index in [9.17, 15) is 4.79 Å². The van der Waals surface area contributed by atoms with Crippen molar-refractivity contribution in [2.75, 3.05) is 6.61 Å². The van der Waals surface area contributed by atoms with Gasteiger partial charge in [0.1, 0.15) is 0 Å². The molecule has 0 bridgehead atoms. The Balaban J connectivity index is 2.20. The zero-order valence-corrected chi connectivity index (χ0v) is 9.56. The summed E-state index contributed by atoms with van der Waals surface area (Å²) in [4.78, 5) is 12.0. The van der Waals surface area contributed by atoms with E-state index in [-0.39, 0.29) is 5.78 Å². The molecule has 2 nitrogen and oxygen atoms in total. The van der Waals surface area contributed by atoms with Gasteiger partial charge >= 0.3 is 0 Å². The maximum absolute atomic E-state index is 12.0. The quantitative estimate of drug-likeness (QED) is 0.563. The highest BCUT2D eigenvalue weighted by Crippen LogP contribution is 2.17. The van der Waals surface area contributed by atoms with E-state index in [1.165, 1.54) is 0 Å². The molecular formula is C12H13O2P. The van der Waals surface area contributed by atoms with Crippen LogP contribution in [0.15, 0.2) is 36.1 Å². The molecule has 0 saturated heterocycles. The molecule has 0 aliphatic carbocycles. The third-order valence-corrected chi connectivity index (χ3v) is 2.78. The van der Waals surface area contributed by atoms with Crippen LogP contribution in [0.3, 0.4) is 0 Å². The van der Waals surface area contributed by atoms with Gasteiger partial charge in [0.15, 0.2) is 5.78 Å². The SMILES string of the molecule is O=C(C1=COCCC1)c1ccc(P)cc1. The number of ether oxygens (including phenoxy) is 1. The van der Waals surface area contributed by atoms with E-state index in [1.807, 2.05) is 24.3 Å². The number of carbonyl (C=O) groups is 1. The molecule has 2 rings (SSSR count). The van der Waals surface area contributed by atoms with Crippen LogP contribution in [0.4, 0.5) is 0 Å². The second-order valence-electron chi connectivity index (χ2n) is 3.57. The van der Waals surface area contributed by atoms with E-state index in [4.69, 9.17) is 4.74 Å². The van der Waals surface area contributed by atoms with Crippen LogP contribution in [-0.2, 0) is 4.74 Å². The Kier molecular flexibility index (Phi) is 3.17. The lowest BCUT2D eigenvalue weighted by Gasteiger charge is -2.12. The normalized spacial score (nSPS) is 15.4. The second kappa shape index (κ2) is 4.59. The number of rotatable bonds is 2. The number of hydrogen-bond acceptors (Lipinski definition) is 2. The molecule has 0 aromatic heterocycles. The van der Waals surface area contributed by atoms with Crippen LogP contribution in [0.25, 0.3) is 0 Å². The Morgan fingerprint density at radius 2 is 2.00 bits per heavy atom. The first-order valence-electron chi connectivity index (χ1n) is 4.98. The average molecular weight is 220 g/mol. The molecule has 1 aliphatic heterocycles. The molecule has 0 N–H and O–H groups in total. The fraction of sp³-hybridized carbons (Fsp3) is 0.250. The minimum absolute atomic E-state index is 0.0831. The minimum atomic E-state index is 0.0831. The van der Waals surface area contributed by atoms with Crippen molar-refractivity contribution in [1.82, 2.24) is 0 Å². The number of Topliss-reactive ketones (excluding diaryl/α,β-unsaturated/α-hetero) is 1. The predicted octanol–water partition coefficient (Wildman–Crippen LogP) is 2.06. The molecular weight excluding hydrogens is 207 g/mol. The molecule has 0 saturated carbocycles. The molecule has 0 amide bonds. The van der Waals surface area contributed by atoms with Crippen molar-refractivity contribution < 1.29 is 9.53 Å². The van der Waals surface area contributed by atoms with E-state index < -0.39 is 0 Å². The molecule has 0 fully saturated rings. The summed E-state index contributed by atoms with van der Waals surface area (Å²) >= 11 is 0. The molecule has 1 aromatic carbocycles. The van der Waals surface area contributed by atoms with Crippen molar-refractivity contribution in [2.45, 2.75) is 12.8 Å². The summed E-state index contributed by atoms with van der Waals surface area (Å²) in [6.45, 7) is 0.724. The van der Waals surface area contributed by atoms with E-state index in [2.05, 4.69) is 9.24 Å². The molecule has 0 spiro atoms. The maximum atomic E-state index is 12.0. The number of benzene rings is 1. The molecule has 1 aliphatic rings. The smallest absolute Gasteiger partial charge is 0.192 e. The zero-order valence-electron chi connectivity index (χ0n) is 8.40. The lowest BCUT2D eigenvalue weighted by atomic mass is 10.00. The van der Waals surface area contributed by atoms with Crippen LogP contribution in [0, 0.1) is 0 Å². The molecule has 1 heterocycles. The Labute approximate surface area is 91.5 Å². The van der Waals surface area contributed by atoms with Crippen LogP contribution in [0.5, 0.6) is 0 Å². The first-order chi connectivity index (χ1) is 7.27. The first kappa shape index (κ1) is 10.4. The third-order valence-electron chi connectivity index (χ3n) is 2.40. The third kappa shape index (κ3) is 2.45. The zero-order chi connectivity index (χ0) is 10.7. The van der Waals surface area contributed by atoms with Gasteiger partial charge in [-0.15, -0.1) is 9.24 Å². The van der Waals surface area contributed by atoms with Gasteiger partial charge in [0.05, 0.1) is 12.9 Å². The highest BCUT2D eigenvalue weighted by atomic mass is 31.0. The largest absolute Gasteiger partial charge is 0.501 e. The first-order valence-corrected chi connectivity index (χ1v) is 5.56. The van der Waals surface area contributed by atoms with Gasteiger partial charge in [-0.3, -0.25) is 4.79 Å². The summed E-state index contributed by atoms with van der Waals surface area (Å²) < 4.78 is 5.16. The summed E-state index contributed by atoms with van der Waals surface area (Å²) in [6, 6.07) is 7.53. The van der Waals surface area contributed by atoms with E-state index >= 15 is 0 Å². The fourth-order valence-corrected chi connectivity index (χ4v) is 1.74. The predicted molar refractivity (Wildman–Crippen MR) is 63.4 cm³/mol. The Bertz CT molecular complexity index is 393. The van der Waals surface area contributed by atoms with Crippen LogP contribution in [0.2, 0.25) is 0 Å². The topological polar surface area (TPSA) is 26.3 Å². The average Bonchev–Trinajstić information content (AvgIpc) is 2.30. The number of ketones is 1. The summed E-state index contributed by atoms with van der Waals surface area (Å²) in [5.74, 6) is 0.0831. The van der Waals surface area contributed by atoms with E-state index in [1.54, 1.807) is 6.26 Å². The van der Waals surface area contributed by atoms with Crippen LogP contribution in [-0.4, -0.2) is 12.4 Å². The minimum Gasteiger partial charge on any atom is -0.501 e. The van der Waals surface area contributed by atoms with Gasteiger partial charge < -0.3 is 4.74 Å². The highest BCUT2D eigenvalue weighted by molar-refractivity contribution is 7.27. The summed E-state index contributed by atoms with van der Waals surface area (Å²) in [6.07, 6.45) is 3.35. The Morgan fingerprint density at radius 1 is 1.27 bits per heavy atom. The lowest BCUT2D eigenvalue weighted by molar-refractivity contribution is 0.101. The number of carbonyl (C=O) groups excluding carboxylic acids is 1. The van der Waals surface area contributed by atoms with E-state index in [0.29, 0.717) is 0 Å². The lowest BCUT2D eigenvalue weighted by Crippen LogP contribution is -2.09. The van der Waals surface area contributed by atoms with Gasteiger partial charge in [-0.1, -0.05) is 24.3 Å². The van der Waals surface area contributed by atoms with Crippen LogP contribution in [0.1, 0.15) is 23.2 Å². The number of allylic oxidation sites excluding steroid dienone is 1. The summed E-state index contributed by atoms with van der Waals surface area (Å²) in [5, 5.41) is 1.08. The maximum Gasteiger partial charge on any atom is 0.192 e. The molecule has 1 unspecified atom stereocenters. The van der Waals surface area contributed by atoms with Gasteiger partial charge in [-0.25, -0.2) is 0 Å².